The van der Waals surface area contributed by atoms with Gasteiger partial charge in [0.1, 0.15) is 5.82 Å². The van der Waals surface area contributed by atoms with Crippen molar-refractivity contribution in [2.45, 2.75) is 10.6 Å². The summed E-state index contributed by atoms with van der Waals surface area (Å²) in [6, 6.07) is 65.1. The van der Waals surface area contributed by atoms with E-state index in [1.54, 1.807) is 0 Å². The van der Waals surface area contributed by atoms with Gasteiger partial charge in [-0.25, -0.2) is 4.98 Å². The van der Waals surface area contributed by atoms with Gasteiger partial charge in [0.25, 0.3) is 0 Å². The van der Waals surface area contributed by atoms with Gasteiger partial charge in [0.05, 0.1) is 33.5 Å². The number of para-hydroxylation sites is 3. The second kappa shape index (κ2) is 11.2. The van der Waals surface area contributed by atoms with E-state index in [4.69, 9.17) is 4.98 Å². The van der Waals surface area contributed by atoms with E-state index in [0.29, 0.717) is 0 Å². The van der Waals surface area contributed by atoms with Gasteiger partial charge in [-0.15, -0.1) is 11.8 Å². The largest absolute Gasteiger partial charge is 0.309 e. The zero-order valence-electron chi connectivity index (χ0n) is 26.7. The van der Waals surface area contributed by atoms with E-state index in [-0.39, 0.29) is 0 Å². The lowest BCUT2D eigenvalue weighted by Crippen LogP contribution is -2.74. The molecule has 5 heteroatoms. The molecular formula is C44H31N3SSi. The van der Waals surface area contributed by atoms with Crippen molar-refractivity contribution in [1.82, 2.24) is 14.1 Å². The van der Waals surface area contributed by atoms with Crippen LogP contribution in [0.3, 0.4) is 0 Å². The molecule has 2 aromatic heterocycles. The van der Waals surface area contributed by atoms with E-state index < -0.39 is 8.07 Å². The second-order valence-corrected chi connectivity index (χ2v) is 17.6. The van der Waals surface area contributed by atoms with E-state index in [1.807, 2.05) is 11.8 Å². The van der Waals surface area contributed by atoms with Crippen LogP contribution in [0, 0.1) is 0 Å². The van der Waals surface area contributed by atoms with Crippen LogP contribution in [0.15, 0.2) is 181 Å². The molecule has 7 aromatic carbocycles. The maximum absolute atomic E-state index is 5.01. The predicted octanol–water partition coefficient (Wildman–Crippen LogP) is 8.11. The van der Waals surface area contributed by atoms with Crippen LogP contribution in [0.5, 0.6) is 0 Å². The van der Waals surface area contributed by atoms with Crippen LogP contribution in [-0.2, 0) is 5.75 Å². The minimum absolute atomic E-state index is 0.866. The Morgan fingerprint density at radius 3 is 1.76 bits per heavy atom. The molecule has 49 heavy (non-hydrogen) atoms. The predicted molar refractivity (Wildman–Crippen MR) is 209 cm³/mol. The van der Waals surface area contributed by atoms with Crippen LogP contribution in [0.2, 0.25) is 0 Å². The molecule has 0 amide bonds. The number of benzene rings is 7. The monoisotopic (exact) mass is 661 g/mol. The summed E-state index contributed by atoms with van der Waals surface area (Å²) in [6.45, 7) is 0. The molecule has 0 aliphatic carbocycles. The summed E-state index contributed by atoms with van der Waals surface area (Å²) < 4.78 is 4.84. The molecule has 0 N–H and O–H groups in total. The Morgan fingerprint density at radius 1 is 0.469 bits per heavy atom. The third-order valence-corrected chi connectivity index (χ3v) is 16.0. The molecule has 0 spiro atoms. The second-order valence-electron chi connectivity index (χ2n) is 12.7. The molecular weight excluding hydrogens is 631 g/mol. The van der Waals surface area contributed by atoms with Crippen molar-refractivity contribution in [2.75, 3.05) is 0 Å². The average Bonchev–Trinajstić information content (AvgIpc) is 3.72. The topological polar surface area (TPSA) is 22.8 Å². The van der Waals surface area contributed by atoms with Crippen molar-refractivity contribution in [3.63, 3.8) is 0 Å². The quantitative estimate of drug-likeness (QED) is 0.137. The third-order valence-electron chi connectivity index (χ3n) is 10.2. The summed E-state index contributed by atoms with van der Waals surface area (Å²) in [5.74, 6) is 1.97. The van der Waals surface area contributed by atoms with Gasteiger partial charge in [0.2, 0.25) is 0 Å². The van der Waals surface area contributed by atoms with Crippen LogP contribution in [0.4, 0.5) is 0 Å². The van der Waals surface area contributed by atoms with Crippen LogP contribution in [0.1, 0.15) is 5.82 Å². The van der Waals surface area contributed by atoms with Gasteiger partial charge in [0, 0.05) is 21.4 Å². The summed E-state index contributed by atoms with van der Waals surface area (Å²) in [5, 5.41) is 8.01. The van der Waals surface area contributed by atoms with Gasteiger partial charge in [-0.3, -0.25) is 4.57 Å². The Hall–Kier alpha value is -5.62. The molecule has 3 heterocycles. The molecule has 232 valence electrons. The first-order valence-corrected chi connectivity index (χ1v) is 19.7. The van der Waals surface area contributed by atoms with Crippen molar-refractivity contribution < 1.29 is 0 Å². The molecule has 0 atom stereocenters. The maximum Gasteiger partial charge on any atom is 0.179 e. The molecule has 0 fully saturated rings. The molecule has 0 unspecified atom stereocenters. The highest BCUT2D eigenvalue weighted by Gasteiger charge is 2.41. The van der Waals surface area contributed by atoms with Gasteiger partial charge >= 0.3 is 0 Å². The average molecular weight is 662 g/mol. The molecule has 10 rings (SSSR count). The Morgan fingerprint density at radius 2 is 1.06 bits per heavy atom. The molecule has 0 saturated heterocycles. The van der Waals surface area contributed by atoms with Gasteiger partial charge in [-0.05, 0) is 63.2 Å². The molecule has 0 saturated carbocycles. The number of nitrogens with zero attached hydrogens (tertiary/aromatic N) is 3. The van der Waals surface area contributed by atoms with Gasteiger partial charge in [-0.2, -0.15) is 0 Å². The molecule has 1 aliphatic rings. The Bertz CT molecular complexity index is 2560. The van der Waals surface area contributed by atoms with Crippen LogP contribution in [-0.4, -0.2) is 22.2 Å². The van der Waals surface area contributed by atoms with E-state index in [1.165, 1.54) is 53.1 Å². The smallest absolute Gasteiger partial charge is 0.179 e. The zero-order valence-corrected chi connectivity index (χ0v) is 28.5. The number of aromatic nitrogens is 3. The van der Waals surface area contributed by atoms with Crippen molar-refractivity contribution >= 4 is 73.4 Å². The molecule has 0 bridgehead atoms. The highest BCUT2D eigenvalue weighted by molar-refractivity contribution is 7.98. The molecule has 1 aliphatic heterocycles. The fourth-order valence-corrected chi connectivity index (χ4v) is 13.8. The number of imidazole rings is 1. The van der Waals surface area contributed by atoms with Crippen LogP contribution < -0.4 is 20.7 Å². The van der Waals surface area contributed by atoms with Crippen LogP contribution in [0.25, 0.3) is 44.2 Å². The SMILES string of the molecule is c1ccc([Si](c2ccccc2)(c2ccccc2)c2ccc3c4ccccc4n(-c4ccc5c(c4)-n4c(nc6ccccc64)CS5)c3c2)cc1. The summed E-state index contributed by atoms with van der Waals surface area (Å²) >= 11 is 1.87. The van der Waals surface area contributed by atoms with E-state index >= 15 is 0 Å². The van der Waals surface area contributed by atoms with E-state index in [2.05, 4.69) is 185 Å². The normalized spacial score (nSPS) is 12.7. The summed E-state index contributed by atoms with van der Waals surface area (Å²) in [6.07, 6.45) is 0. The highest BCUT2D eigenvalue weighted by Crippen LogP contribution is 2.40. The first-order valence-electron chi connectivity index (χ1n) is 16.7. The van der Waals surface area contributed by atoms with Crippen molar-refractivity contribution in [1.29, 1.82) is 0 Å². The number of hydrogen-bond donors (Lipinski definition) is 0. The van der Waals surface area contributed by atoms with Crippen molar-refractivity contribution in [3.8, 4) is 11.4 Å². The molecule has 3 nitrogen and oxygen atoms in total. The molecule has 9 aromatic rings. The Kier molecular flexibility index (Phi) is 6.51. The number of thioether (sulfide) groups is 1. The highest BCUT2D eigenvalue weighted by atomic mass is 32.2. The van der Waals surface area contributed by atoms with Gasteiger partial charge in [0.15, 0.2) is 8.07 Å². The zero-order chi connectivity index (χ0) is 32.4. The minimum Gasteiger partial charge on any atom is -0.309 e. The van der Waals surface area contributed by atoms with Gasteiger partial charge in [-0.1, -0.05) is 133 Å². The maximum atomic E-state index is 5.01. The fraction of sp³-hybridized carbons (Fsp3) is 0.0227. The van der Waals surface area contributed by atoms with E-state index in [9.17, 15) is 0 Å². The standard InChI is InChI=1S/C44H31N3SSi/c1-4-14-32(15-5-1)49(33-16-6-2-7-17-33,34-18-8-3-9-19-34)35-25-26-37-36-20-10-12-22-39(36)46(41(37)29-35)31-24-27-43-42(28-31)47-40-23-13-11-21-38(40)45-44(47)30-48-43/h1-29H,30H2. The third kappa shape index (κ3) is 4.26. The van der Waals surface area contributed by atoms with Crippen LogP contribution >= 0.6 is 11.8 Å². The lowest BCUT2D eigenvalue weighted by Gasteiger charge is -2.34. The lowest BCUT2D eigenvalue weighted by atomic mass is 10.1. The Labute approximate surface area is 290 Å². The van der Waals surface area contributed by atoms with Crippen molar-refractivity contribution in [2.24, 2.45) is 0 Å². The van der Waals surface area contributed by atoms with E-state index in [0.717, 1.165) is 28.3 Å². The number of hydrogen-bond acceptors (Lipinski definition) is 2. The summed E-state index contributed by atoms with van der Waals surface area (Å²) in [7, 11) is -2.71. The van der Waals surface area contributed by atoms with Crippen molar-refractivity contribution in [3.05, 3.63) is 182 Å². The molecule has 0 radical (unpaired) electrons. The van der Waals surface area contributed by atoms with Gasteiger partial charge < -0.3 is 4.57 Å². The lowest BCUT2D eigenvalue weighted by molar-refractivity contribution is 0.941. The fourth-order valence-electron chi connectivity index (χ4n) is 8.07. The first kappa shape index (κ1) is 28.4. The Balaban J connectivity index is 1.28. The summed E-state index contributed by atoms with van der Waals surface area (Å²) in [5.41, 5.74) is 6.98. The number of fused-ring (bicyclic) bond motifs is 8. The first-order chi connectivity index (χ1) is 24.3. The minimum atomic E-state index is -2.71. The summed E-state index contributed by atoms with van der Waals surface area (Å²) in [4.78, 5) is 6.29. The number of rotatable bonds is 5.